The molecular weight excluding hydrogens is 330 g/mol. The van der Waals surface area contributed by atoms with Gasteiger partial charge in [0.1, 0.15) is 13.2 Å². The summed E-state index contributed by atoms with van der Waals surface area (Å²) in [5, 5.41) is 0. The third-order valence-electron chi connectivity index (χ3n) is 4.66. The molecule has 0 heterocycles. The Bertz CT molecular complexity index is 499. The van der Waals surface area contributed by atoms with Crippen molar-refractivity contribution in [1.82, 2.24) is 0 Å². The molecule has 1 unspecified atom stereocenters. The average molecular weight is 366 g/mol. The highest BCUT2D eigenvalue weighted by molar-refractivity contribution is 7.85. The highest BCUT2D eigenvalue weighted by Gasteiger charge is 2.38. The predicted molar refractivity (Wildman–Crippen MR) is 94.4 cm³/mol. The van der Waals surface area contributed by atoms with E-state index in [0.717, 1.165) is 6.42 Å². The molecule has 7 heteroatoms. The van der Waals surface area contributed by atoms with E-state index in [1.807, 2.05) is 34.9 Å². The van der Waals surface area contributed by atoms with Crippen molar-refractivity contribution < 1.29 is 27.0 Å². The normalized spacial score (nSPS) is 15.6. The molecule has 0 bridgehead atoms. The zero-order chi connectivity index (χ0) is 19.2. The van der Waals surface area contributed by atoms with Crippen molar-refractivity contribution in [3.05, 3.63) is 0 Å². The van der Waals surface area contributed by atoms with Crippen LogP contribution in [0.4, 0.5) is 0 Å². The lowest BCUT2D eigenvalue weighted by Crippen LogP contribution is -2.45. The van der Waals surface area contributed by atoms with Crippen LogP contribution < -0.4 is 0 Å². The third-order valence-corrected chi connectivity index (χ3v) is 5.45. The van der Waals surface area contributed by atoms with Crippen molar-refractivity contribution in [2.45, 2.75) is 47.5 Å². The van der Waals surface area contributed by atoms with E-state index in [4.69, 9.17) is 4.74 Å². The van der Waals surface area contributed by atoms with Gasteiger partial charge >= 0.3 is 5.97 Å². The minimum atomic E-state index is -4.17. The fraction of sp³-hybridized carbons (Fsp3) is 0.941. The molecule has 0 spiro atoms. The monoisotopic (exact) mass is 365 g/mol. The van der Waals surface area contributed by atoms with Crippen molar-refractivity contribution in [1.29, 1.82) is 0 Å². The van der Waals surface area contributed by atoms with Crippen molar-refractivity contribution in [3.63, 3.8) is 0 Å². The Kier molecular flexibility index (Phi) is 8.90. The molecule has 0 aromatic carbocycles. The number of carbonyl (C=O) groups excluding carboxylic acids is 1. The molecular formula is C17H35NO5S. The van der Waals surface area contributed by atoms with E-state index in [9.17, 15) is 17.8 Å². The van der Waals surface area contributed by atoms with E-state index >= 15 is 0 Å². The molecule has 0 N–H and O–H groups in total. The number of rotatable bonds is 11. The quantitative estimate of drug-likeness (QED) is 0.318. The maximum Gasteiger partial charge on any atom is 0.312 e. The van der Waals surface area contributed by atoms with E-state index in [1.165, 1.54) is 0 Å². The van der Waals surface area contributed by atoms with Crippen LogP contribution in [0.25, 0.3) is 0 Å². The van der Waals surface area contributed by atoms with Gasteiger partial charge in [0.15, 0.2) is 0 Å². The summed E-state index contributed by atoms with van der Waals surface area (Å²) in [6.45, 7) is 11.6. The van der Waals surface area contributed by atoms with Crippen molar-refractivity contribution in [2.24, 2.45) is 17.3 Å². The Morgan fingerprint density at radius 3 is 2.12 bits per heavy atom. The summed E-state index contributed by atoms with van der Waals surface area (Å²) in [7, 11) is -0.303. The summed E-state index contributed by atoms with van der Waals surface area (Å²) in [6, 6.07) is 0. The van der Waals surface area contributed by atoms with Gasteiger partial charge in [-0.1, -0.05) is 27.7 Å². The van der Waals surface area contributed by atoms with Crippen LogP contribution in [0.1, 0.15) is 47.5 Å². The number of esters is 1. The highest BCUT2D eigenvalue weighted by atomic mass is 32.2. The second-order valence-electron chi connectivity index (χ2n) is 8.30. The number of hydrogen-bond donors (Lipinski definition) is 0. The van der Waals surface area contributed by atoms with Gasteiger partial charge in [-0.05, 0) is 25.2 Å². The first-order chi connectivity index (χ1) is 10.7. The van der Waals surface area contributed by atoms with Gasteiger partial charge in [0.05, 0.1) is 36.2 Å². The molecule has 0 aliphatic heterocycles. The Labute approximate surface area is 147 Å². The predicted octanol–water partition coefficient (Wildman–Crippen LogP) is 2.25. The van der Waals surface area contributed by atoms with Gasteiger partial charge in [0, 0.05) is 12.2 Å². The highest BCUT2D eigenvalue weighted by Crippen LogP contribution is 2.35. The molecule has 144 valence electrons. The molecule has 0 aromatic rings. The van der Waals surface area contributed by atoms with Gasteiger partial charge in [-0.2, -0.15) is 0 Å². The molecule has 0 saturated carbocycles. The van der Waals surface area contributed by atoms with Crippen LogP contribution in [0.2, 0.25) is 0 Å². The van der Waals surface area contributed by atoms with Crippen LogP contribution in [0.5, 0.6) is 0 Å². The number of likely N-dealkylation sites (N-methyl/N-ethyl adjacent to an activating group) is 1. The topological polar surface area (TPSA) is 83.5 Å². The van der Waals surface area contributed by atoms with Gasteiger partial charge in [0.25, 0.3) is 0 Å². The molecule has 6 nitrogen and oxygen atoms in total. The van der Waals surface area contributed by atoms with Crippen molar-refractivity contribution in [3.8, 4) is 0 Å². The molecule has 0 radical (unpaired) electrons. The zero-order valence-electron chi connectivity index (χ0n) is 16.3. The summed E-state index contributed by atoms with van der Waals surface area (Å²) < 4.78 is 38.0. The Morgan fingerprint density at radius 2 is 1.71 bits per heavy atom. The average Bonchev–Trinajstić information content (AvgIpc) is 2.35. The number of nitrogens with zero attached hydrogens (tertiary/aromatic N) is 1. The lowest BCUT2D eigenvalue weighted by atomic mass is 9.73. The van der Waals surface area contributed by atoms with E-state index in [1.54, 1.807) is 0 Å². The minimum Gasteiger partial charge on any atom is -0.748 e. The summed E-state index contributed by atoms with van der Waals surface area (Å²) in [4.78, 5) is 12.5. The van der Waals surface area contributed by atoms with Gasteiger partial charge in [-0.3, -0.25) is 4.79 Å². The standard InChI is InChI=1S/C17H35NO5S/c1-14(2)13-17(5,15(3)4)16(19)23-11-10-18(6,7)9-8-12-24(20,21)22/h14-15H,8-13H2,1-7H3. The third kappa shape index (κ3) is 8.99. The molecule has 0 amide bonds. The van der Waals surface area contributed by atoms with Crippen LogP contribution in [0, 0.1) is 17.3 Å². The van der Waals surface area contributed by atoms with E-state index < -0.39 is 15.5 Å². The van der Waals surface area contributed by atoms with E-state index in [-0.39, 0.29) is 24.2 Å². The molecule has 0 rings (SSSR count). The molecule has 0 saturated heterocycles. The van der Waals surface area contributed by atoms with Gasteiger partial charge in [-0.25, -0.2) is 8.42 Å². The second-order valence-corrected chi connectivity index (χ2v) is 9.83. The van der Waals surface area contributed by atoms with Crippen LogP contribution in [-0.2, 0) is 19.6 Å². The van der Waals surface area contributed by atoms with Crippen molar-refractivity contribution >= 4 is 16.1 Å². The number of carbonyl (C=O) groups is 1. The van der Waals surface area contributed by atoms with E-state index in [2.05, 4.69) is 13.8 Å². The second kappa shape index (κ2) is 9.15. The van der Waals surface area contributed by atoms with Gasteiger partial charge in [-0.15, -0.1) is 0 Å². The maximum absolute atomic E-state index is 12.5. The van der Waals surface area contributed by atoms with Gasteiger partial charge < -0.3 is 13.8 Å². The summed E-state index contributed by atoms with van der Waals surface area (Å²) >= 11 is 0. The zero-order valence-corrected chi connectivity index (χ0v) is 17.1. The Hall–Kier alpha value is -0.660. The number of hydrogen-bond acceptors (Lipinski definition) is 5. The smallest absolute Gasteiger partial charge is 0.312 e. The first kappa shape index (κ1) is 23.3. The minimum absolute atomic E-state index is 0.173. The molecule has 0 aliphatic carbocycles. The van der Waals surface area contributed by atoms with Crippen LogP contribution in [0.15, 0.2) is 0 Å². The van der Waals surface area contributed by atoms with Gasteiger partial charge in [0.2, 0.25) is 0 Å². The summed E-state index contributed by atoms with van der Waals surface area (Å²) in [5.41, 5.74) is -0.498. The first-order valence-corrected chi connectivity index (χ1v) is 10.2. The molecule has 0 fully saturated rings. The summed E-state index contributed by atoms with van der Waals surface area (Å²) in [6.07, 6.45) is 1.09. The molecule has 0 aromatic heterocycles. The fourth-order valence-electron chi connectivity index (χ4n) is 2.73. The molecule has 1 atom stereocenters. The molecule has 0 aliphatic rings. The Balaban J connectivity index is 4.48. The van der Waals surface area contributed by atoms with Crippen LogP contribution in [-0.4, -0.2) is 63.0 Å². The van der Waals surface area contributed by atoms with E-state index in [0.29, 0.717) is 29.9 Å². The van der Waals surface area contributed by atoms with Crippen molar-refractivity contribution in [2.75, 3.05) is 39.5 Å². The number of ether oxygens (including phenoxy) is 1. The number of quaternary nitrogens is 1. The largest absolute Gasteiger partial charge is 0.748 e. The lowest BCUT2D eigenvalue weighted by molar-refractivity contribution is -0.890. The lowest BCUT2D eigenvalue weighted by Gasteiger charge is -2.34. The fourth-order valence-corrected chi connectivity index (χ4v) is 3.22. The van der Waals surface area contributed by atoms with Crippen LogP contribution >= 0.6 is 0 Å². The Morgan fingerprint density at radius 1 is 1.17 bits per heavy atom. The SMILES string of the molecule is CC(C)CC(C)(C(=O)OCC[N+](C)(C)CCCS(=O)(=O)[O-])C(C)C. The summed E-state index contributed by atoms with van der Waals surface area (Å²) in [5.74, 6) is 0.0746. The first-order valence-electron chi connectivity index (χ1n) is 8.62. The maximum atomic E-state index is 12.5. The molecule has 24 heavy (non-hydrogen) atoms. The van der Waals surface area contributed by atoms with Crippen LogP contribution in [0.3, 0.4) is 0 Å².